The number of rotatable bonds is 15. The summed E-state index contributed by atoms with van der Waals surface area (Å²) in [6.07, 6.45) is 0.248. The Kier molecular flexibility index (Phi) is 14.3. The number of carbonyl (C=O) groups is 4. The van der Waals surface area contributed by atoms with Crippen LogP contribution in [0.2, 0.25) is 0 Å². The van der Waals surface area contributed by atoms with Crippen molar-refractivity contribution in [3.63, 3.8) is 0 Å². The first-order chi connectivity index (χ1) is 17.4. The van der Waals surface area contributed by atoms with Gasteiger partial charge in [-0.2, -0.15) is 0 Å². The van der Waals surface area contributed by atoms with Crippen molar-refractivity contribution in [1.29, 1.82) is 0 Å². The maximum Gasteiger partial charge on any atom is 0.508 e. The fourth-order valence-electron chi connectivity index (χ4n) is 3.01. The van der Waals surface area contributed by atoms with Gasteiger partial charge in [0.05, 0.1) is 6.61 Å². The maximum absolute atomic E-state index is 12.4. The zero-order valence-electron chi connectivity index (χ0n) is 22.7. The Morgan fingerprint density at radius 3 is 1.95 bits per heavy atom. The third-order valence-electron chi connectivity index (χ3n) is 5.08. The van der Waals surface area contributed by atoms with E-state index in [1.807, 2.05) is 27.7 Å². The number of ether oxygens (including phenoxy) is 5. The Morgan fingerprint density at radius 1 is 0.838 bits per heavy atom. The molecule has 2 atom stereocenters. The first-order valence-corrected chi connectivity index (χ1v) is 12.7. The molecule has 1 aromatic carbocycles. The van der Waals surface area contributed by atoms with E-state index >= 15 is 0 Å². The predicted molar refractivity (Wildman–Crippen MR) is 136 cm³/mol. The smallest absolute Gasteiger partial charge is 0.458 e. The van der Waals surface area contributed by atoms with Gasteiger partial charge in [-0.3, -0.25) is 14.4 Å². The van der Waals surface area contributed by atoms with Crippen LogP contribution in [0.25, 0.3) is 0 Å². The molecule has 1 aromatic rings. The number of benzene rings is 1. The summed E-state index contributed by atoms with van der Waals surface area (Å²) in [7, 11) is 0. The van der Waals surface area contributed by atoms with Gasteiger partial charge in [0.25, 0.3) is 0 Å². The minimum absolute atomic E-state index is 0.0718. The van der Waals surface area contributed by atoms with Gasteiger partial charge >= 0.3 is 24.1 Å². The summed E-state index contributed by atoms with van der Waals surface area (Å²) in [5.41, 5.74) is 6.60. The Bertz CT molecular complexity index is 898. The van der Waals surface area contributed by atoms with Crippen LogP contribution in [0.3, 0.4) is 0 Å². The van der Waals surface area contributed by atoms with Gasteiger partial charge in [0, 0.05) is 12.8 Å². The van der Waals surface area contributed by atoms with Crippen molar-refractivity contribution in [1.82, 2.24) is 0 Å². The molecule has 0 aliphatic heterocycles. The van der Waals surface area contributed by atoms with Crippen molar-refractivity contribution in [2.75, 3.05) is 13.2 Å². The topological polar surface area (TPSA) is 140 Å². The van der Waals surface area contributed by atoms with E-state index in [1.165, 1.54) is 12.1 Å². The van der Waals surface area contributed by atoms with Crippen LogP contribution >= 0.6 is 0 Å². The van der Waals surface area contributed by atoms with Gasteiger partial charge < -0.3 is 29.4 Å². The summed E-state index contributed by atoms with van der Waals surface area (Å²) in [5, 5.41) is 0. The van der Waals surface area contributed by atoms with Gasteiger partial charge in [0.2, 0.25) is 0 Å². The second-order valence-electron chi connectivity index (χ2n) is 9.65. The average molecular weight is 524 g/mol. The Morgan fingerprint density at radius 2 is 1.41 bits per heavy atom. The maximum atomic E-state index is 12.4. The molecule has 0 spiro atoms. The van der Waals surface area contributed by atoms with Crippen molar-refractivity contribution in [3.8, 4) is 11.5 Å². The molecule has 0 aliphatic rings. The minimum Gasteiger partial charge on any atom is -0.458 e. The Labute approximate surface area is 219 Å². The molecule has 2 N–H and O–H groups in total. The van der Waals surface area contributed by atoms with E-state index in [9.17, 15) is 19.2 Å². The van der Waals surface area contributed by atoms with Gasteiger partial charge in [-0.05, 0) is 62.6 Å². The zero-order chi connectivity index (χ0) is 28.0. The van der Waals surface area contributed by atoms with Crippen LogP contribution in [0.15, 0.2) is 18.2 Å². The van der Waals surface area contributed by atoms with Crippen molar-refractivity contribution in [2.24, 2.45) is 17.6 Å². The van der Waals surface area contributed by atoms with Crippen LogP contribution in [0, 0.1) is 11.8 Å². The van der Waals surface area contributed by atoms with Crippen molar-refractivity contribution in [3.05, 3.63) is 23.8 Å². The van der Waals surface area contributed by atoms with Gasteiger partial charge in [-0.15, -0.1) is 0 Å². The van der Waals surface area contributed by atoms with Gasteiger partial charge in [-0.1, -0.05) is 33.8 Å². The monoisotopic (exact) mass is 523 g/mol. The molecular weight excluding hydrogens is 482 g/mol. The molecule has 10 heteroatoms. The van der Waals surface area contributed by atoms with Crippen molar-refractivity contribution in [2.45, 2.75) is 85.8 Å². The fraction of sp³-hybridized carbons (Fsp3) is 0.630. The normalized spacial score (nSPS) is 12.6. The van der Waals surface area contributed by atoms with E-state index < -0.39 is 36.2 Å². The van der Waals surface area contributed by atoms with Crippen LogP contribution in [0.5, 0.6) is 11.5 Å². The SMILES string of the molecule is CCOC(=O)OC[C@H](C)OC(=O)[C@@H](N)Cc1ccc(OC(=O)CCC(C)C)c(OC(=O)CCC(C)C)c1. The lowest BCUT2D eigenvalue weighted by Gasteiger charge is -2.17. The molecule has 0 saturated carbocycles. The van der Waals surface area contributed by atoms with Crippen LogP contribution < -0.4 is 15.2 Å². The van der Waals surface area contributed by atoms with E-state index in [2.05, 4.69) is 4.74 Å². The molecule has 0 bridgehead atoms. The summed E-state index contributed by atoms with van der Waals surface area (Å²) in [4.78, 5) is 48.3. The Hall–Kier alpha value is -3.14. The molecular formula is C27H41NO9. The standard InChI is InChI=1S/C27H41NO9/c1-7-33-27(32)34-16-19(6)35-26(31)21(28)14-20-10-11-22(36-24(29)12-8-17(2)3)23(15-20)37-25(30)13-9-18(4)5/h10-11,15,17-19,21H,7-9,12-14,16,28H2,1-6H3/t19-,21-/m0/s1. The molecule has 0 fully saturated rings. The van der Waals surface area contributed by atoms with Crippen LogP contribution in [0.4, 0.5) is 4.79 Å². The number of hydrogen-bond acceptors (Lipinski definition) is 10. The number of carbonyl (C=O) groups excluding carboxylic acids is 4. The van der Waals surface area contributed by atoms with Gasteiger partial charge in [0.1, 0.15) is 18.8 Å². The zero-order valence-corrected chi connectivity index (χ0v) is 22.7. The number of esters is 3. The molecule has 1 rings (SSSR count). The van der Waals surface area contributed by atoms with Crippen molar-refractivity contribution < 1.29 is 42.9 Å². The highest BCUT2D eigenvalue weighted by Crippen LogP contribution is 2.30. The molecule has 208 valence electrons. The first-order valence-electron chi connectivity index (χ1n) is 12.7. The quantitative estimate of drug-likeness (QED) is 0.261. The largest absolute Gasteiger partial charge is 0.508 e. The lowest BCUT2D eigenvalue weighted by molar-refractivity contribution is -0.152. The van der Waals surface area contributed by atoms with E-state index in [0.717, 1.165) is 0 Å². The molecule has 0 unspecified atom stereocenters. The average Bonchev–Trinajstić information content (AvgIpc) is 2.81. The highest BCUT2D eigenvalue weighted by atomic mass is 16.7. The summed E-state index contributed by atoms with van der Waals surface area (Å²) >= 11 is 0. The first kappa shape index (κ1) is 31.9. The van der Waals surface area contributed by atoms with Crippen LogP contribution in [0.1, 0.15) is 72.8 Å². The van der Waals surface area contributed by atoms with Crippen molar-refractivity contribution >= 4 is 24.1 Å². The molecule has 0 radical (unpaired) electrons. The lowest BCUT2D eigenvalue weighted by Crippen LogP contribution is -2.37. The number of nitrogens with two attached hydrogens (primary N) is 1. The fourth-order valence-corrected chi connectivity index (χ4v) is 3.01. The number of hydrogen-bond donors (Lipinski definition) is 1. The van der Waals surface area contributed by atoms with Gasteiger partial charge in [0.15, 0.2) is 11.5 Å². The summed E-state index contributed by atoms with van der Waals surface area (Å²) in [5.74, 6) is -0.716. The molecule has 10 nitrogen and oxygen atoms in total. The Balaban J connectivity index is 2.88. The summed E-state index contributed by atoms with van der Waals surface area (Å²) < 4.78 is 25.7. The molecule has 0 amide bonds. The van der Waals surface area contributed by atoms with E-state index in [0.29, 0.717) is 30.2 Å². The summed E-state index contributed by atoms with van der Waals surface area (Å²) in [6.45, 7) is 11.2. The molecule has 0 aliphatic carbocycles. The second-order valence-corrected chi connectivity index (χ2v) is 9.65. The lowest BCUT2D eigenvalue weighted by atomic mass is 10.1. The molecule has 0 saturated heterocycles. The third kappa shape index (κ3) is 13.7. The highest BCUT2D eigenvalue weighted by Gasteiger charge is 2.22. The molecule has 37 heavy (non-hydrogen) atoms. The predicted octanol–water partition coefficient (Wildman–Crippen LogP) is 4.34. The van der Waals surface area contributed by atoms with E-state index in [-0.39, 0.29) is 44.0 Å². The van der Waals surface area contributed by atoms with E-state index in [1.54, 1.807) is 19.9 Å². The third-order valence-corrected chi connectivity index (χ3v) is 5.08. The molecule has 0 aromatic heterocycles. The minimum atomic E-state index is -1.03. The van der Waals surface area contributed by atoms with E-state index in [4.69, 9.17) is 24.7 Å². The van der Waals surface area contributed by atoms with Gasteiger partial charge in [-0.25, -0.2) is 4.79 Å². The highest BCUT2D eigenvalue weighted by molar-refractivity contribution is 5.77. The van der Waals surface area contributed by atoms with Crippen LogP contribution in [-0.4, -0.2) is 49.4 Å². The van der Waals surface area contributed by atoms with Crippen LogP contribution in [-0.2, 0) is 35.0 Å². The molecule has 0 heterocycles. The summed E-state index contributed by atoms with van der Waals surface area (Å²) in [6, 6.07) is 3.64. The second kappa shape index (κ2) is 16.6.